The molecule has 120 valence electrons. The minimum atomic E-state index is -0.0969. The molecule has 1 aliphatic rings. The van der Waals surface area contributed by atoms with E-state index in [4.69, 9.17) is 4.74 Å². The van der Waals surface area contributed by atoms with Gasteiger partial charge in [0, 0.05) is 18.5 Å². The summed E-state index contributed by atoms with van der Waals surface area (Å²) in [5.74, 6) is 0.959. The standard InChI is InChI=1S/C19H21NO2S/c1-20(12-14-7-9-17(23-2)10-8-14)19(21)16-11-15-5-3-4-6-18(15)22-13-16/h3-10,16H,11-13H2,1-2H3. The van der Waals surface area contributed by atoms with Crippen molar-refractivity contribution >= 4 is 17.7 Å². The van der Waals surface area contributed by atoms with Crippen molar-refractivity contribution in [3.8, 4) is 5.75 Å². The minimum Gasteiger partial charge on any atom is -0.492 e. The first-order valence-corrected chi connectivity index (χ1v) is 8.98. The van der Waals surface area contributed by atoms with Crippen LogP contribution in [0.15, 0.2) is 53.4 Å². The first-order valence-electron chi connectivity index (χ1n) is 7.76. The number of benzene rings is 2. The molecular formula is C19H21NO2S. The molecule has 3 rings (SSSR count). The Labute approximate surface area is 141 Å². The van der Waals surface area contributed by atoms with Crippen LogP contribution in [0.25, 0.3) is 0 Å². The number of amides is 1. The maximum absolute atomic E-state index is 12.7. The average molecular weight is 327 g/mol. The second kappa shape index (κ2) is 7.09. The Morgan fingerprint density at radius 2 is 1.96 bits per heavy atom. The number of hydrogen-bond acceptors (Lipinski definition) is 3. The van der Waals surface area contributed by atoms with Crippen LogP contribution in [0.4, 0.5) is 0 Å². The topological polar surface area (TPSA) is 29.5 Å². The first kappa shape index (κ1) is 15.9. The van der Waals surface area contributed by atoms with E-state index in [0.717, 1.165) is 23.3 Å². The Morgan fingerprint density at radius 1 is 1.22 bits per heavy atom. The molecule has 3 nitrogen and oxygen atoms in total. The Hall–Kier alpha value is -1.94. The van der Waals surface area contributed by atoms with Gasteiger partial charge in [0.05, 0.1) is 5.92 Å². The van der Waals surface area contributed by atoms with Gasteiger partial charge in [-0.05, 0) is 42.0 Å². The van der Waals surface area contributed by atoms with Crippen molar-refractivity contribution in [2.24, 2.45) is 5.92 Å². The van der Waals surface area contributed by atoms with Crippen LogP contribution >= 0.6 is 11.8 Å². The first-order chi connectivity index (χ1) is 11.2. The molecule has 2 aromatic carbocycles. The highest BCUT2D eigenvalue weighted by Crippen LogP contribution is 2.27. The fourth-order valence-electron chi connectivity index (χ4n) is 2.88. The van der Waals surface area contributed by atoms with E-state index >= 15 is 0 Å². The van der Waals surface area contributed by atoms with Crippen LogP contribution in [0.5, 0.6) is 5.75 Å². The third-order valence-corrected chi connectivity index (χ3v) is 4.93. The van der Waals surface area contributed by atoms with Gasteiger partial charge in [-0.1, -0.05) is 30.3 Å². The second-order valence-electron chi connectivity index (χ2n) is 5.86. The number of nitrogens with zero attached hydrogens (tertiary/aromatic N) is 1. The lowest BCUT2D eigenvalue weighted by molar-refractivity contribution is -0.136. The lowest BCUT2D eigenvalue weighted by Crippen LogP contribution is -2.38. The van der Waals surface area contributed by atoms with Crippen LogP contribution in [-0.2, 0) is 17.8 Å². The molecule has 0 fully saturated rings. The van der Waals surface area contributed by atoms with Crippen molar-refractivity contribution in [2.45, 2.75) is 17.9 Å². The van der Waals surface area contributed by atoms with Crippen molar-refractivity contribution < 1.29 is 9.53 Å². The number of carbonyl (C=O) groups is 1. The summed E-state index contributed by atoms with van der Waals surface area (Å²) in [5.41, 5.74) is 2.27. The van der Waals surface area contributed by atoms with Crippen molar-refractivity contribution in [1.29, 1.82) is 0 Å². The molecule has 0 aliphatic carbocycles. The lowest BCUT2D eigenvalue weighted by atomic mass is 9.95. The van der Waals surface area contributed by atoms with Gasteiger partial charge in [-0.25, -0.2) is 0 Å². The summed E-state index contributed by atoms with van der Waals surface area (Å²) in [6.45, 7) is 1.09. The summed E-state index contributed by atoms with van der Waals surface area (Å²) < 4.78 is 5.74. The van der Waals surface area contributed by atoms with Crippen LogP contribution in [-0.4, -0.2) is 30.7 Å². The van der Waals surface area contributed by atoms with Gasteiger partial charge in [0.2, 0.25) is 5.91 Å². The summed E-state index contributed by atoms with van der Waals surface area (Å²) in [6, 6.07) is 16.3. The van der Waals surface area contributed by atoms with Gasteiger partial charge in [0.1, 0.15) is 12.4 Å². The number of hydrogen-bond donors (Lipinski definition) is 0. The molecule has 4 heteroatoms. The van der Waals surface area contributed by atoms with Crippen molar-refractivity contribution in [1.82, 2.24) is 4.90 Å². The Kier molecular flexibility index (Phi) is 4.91. The zero-order valence-electron chi connectivity index (χ0n) is 13.5. The molecule has 1 unspecified atom stereocenters. The van der Waals surface area contributed by atoms with E-state index < -0.39 is 0 Å². The number of ether oxygens (including phenoxy) is 1. The Balaban J connectivity index is 1.63. The van der Waals surface area contributed by atoms with Crippen LogP contribution in [0.1, 0.15) is 11.1 Å². The number of thioether (sulfide) groups is 1. The van der Waals surface area contributed by atoms with E-state index in [1.807, 2.05) is 31.3 Å². The molecule has 1 heterocycles. The van der Waals surface area contributed by atoms with Crippen molar-refractivity contribution in [2.75, 3.05) is 19.9 Å². The van der Waals surface area contributed by atoms with Gasteiger partial charge in [-0.3, -0.25) is 4.79 Å². The third-order valence-electron chi connectivity index (χ3n) is 4.18. The predicted molar refractivity (Wildman–Crippen MR) is 93.8 cm³/mol. The predicted octanol–water partition coefficient (Wildman–Crippen LogP) is 3.62. The van der Waals surface area contributed by atoms with E-state index in [1.54, 1.807) is 16.7 Å². The van der Waals surface area contributed by atoms with Gasteiger partial charge < -0.3 is 9.64 Å². The number of rotatable bonds is 4. The normalized spacial score (nSPS) is 16.3. The minimum absolute atomic E-state index is 0.0969. The summed E-state index contributed by atoms with van der Waals surface area (Å²) in [7, 11) is 1.87. The number of para-hydroxylation sites is 1. The van der Waals surface area contributed by atoms with Gasteiger partial charge in [-0.2, -0.15) is 0 Å². The fraction of sp³-hybridized carbons (Fsp3) is 0.316. The van der Waals surface area contributed by atoms with Gasteiger partial charge >= 0.3 is 0 Å². The molecule has 1 atom stereocenters. The molecule has 0 N–H and O–H groups in total. The van der Waals surface area contributed by atoms with E-state index in [0.29, 0.717) is 13.2 Å². The number of fused-ring (bicyclic) bond motifs is 1. The highest BCUT2D eigenvalue weighted by Gasteiger charge is 2.28. The zero-order valence-corrected chi connectivity index (χ0v) is 14.3. The Bertz CT molecular complexity index is 684. The SMILES string of the molecule is CSc1ccc(CN(C)C(=O)C2COc3ccccc3C2)cc1. The highest BCUT2D eigenvalue weighted by atomic mass is 32.2. The molecule has 0 bridgehead atoms. The van der Waals surface area contributed by atoms with Crippen LogP contribution in [0, 0.1) is 5.92 Å². The Morgan fingerprint density at radius 3 is 2.70 bits per heavy atom. The molecule has 0 aromatic heterocycles. The van der Waals surface area contributed by atoms with E-state index in [2.05, 4.69) is 30.5 Å². The number of carbonyl (C=O) groups excluding carboxylic acids is 1. The molecule has 1 aliphatic heterocycles. The monoisotopic (exact) mass is 327 g/mol. The summed E-state index contributed by atoms with van der Waals surface area (Å²) in [5, 5.41) is 0. The molecule has 0 spiro atoms. The third kappa shape index (κ3) is 3.70. The van der Waals surface area contributed by atoms with E-state index in [-0.39, 0.29) is 11.8 Å². The molecule has 0 saturated heterocycles. The van der Waals surface area contributed by atoms with Crippen LogP contribution in [0.2, 0.25) is 0 Å². The second-order valence-corrected chi connectivity index (χ2v) is 6.74. The van der Waals surface area contributed by atoms with Gasteiger partial charge in [0.25, 0.3) is 0 Å². The molecule has 23 heavy (non-hydrogen) atoms. The lowest BCUT2D eigenvalue weighted by Gasteiger charge is -2.28. The van der Waals surface area contributed by atoms with Crippen LogP contribution in [0.3, 0.4) is 0 Å². The fourth-order valence-corrected chi connectivity index (χ4v) is 3.29. The van der Waals surface area contributed by atoms with Gasteiger partial charge in [0.15, 0.2) is 0 Å². The zero-order chi connectivity index (χ0) is 16.2. The molecular weight excluding hydrogens is 306 g/mol. The molecule has 0 saturated carbocycles. The van der Waals surface area contributed by atoms with E-state index in [1.165, 1.54) is 4.90 Å². The van der Waals surface area contributed by atoms with E-state index in [9.17, 15) is 4.79 Å². The quantitative estimate of drug-likeness (QED) is 0.803. The molecule has 0 radical (unpaired) electrons. The highest BCUT2D eigenvalue weighted by molar-refractivity contribution is 7.98. The summed E-state index contributed by atoms with van der Waals surface area (Å²) in [6.07, 6.45) is 2.82. The summed E-state index contributed by atoms with van der Waals surface area (Å²) >= 11 is 1.72. The largest absolute Gasteiger partial charge is 0.492 e. The van der Waals surface area contributed by atoms with Crippen LogP contribution < -0.4 is 4.74 Å². The maximum atomic E-state index is 12.7. The van der Waals surface area contributed by atoms with Crippen molar-refractivity contribution in [3.05, 3.63) is 59.7 Å². The average Bonchev–Trinajstić information content (AvgIpc) is 2.61. The smallest absolute Gasteiger partial charge is 0.229 e. The molecule has 2 aromatic rings. The van der Waals surface area contributed by atoms with Crippen molar-refractivity contribution in [3.63, 3.8) is 0 Å². The molecule has 1 amide bonds. The summed E-state index contributed by atoms with van der Waals surface area (Å²) in [4.78, 5) is 15.7. The van der Waals surface area contributed by atoms with Gasteiger partial charge in [-0.15, -0.1) is 11.8 Å². The maximum Gasteiger partial charge on any atom is 0.229 e.